The smallest absolute Gasteiger partial charge is 0.207 e. The Balaban J connectivity index is 2.30. The number of rotatable bonds is 2. The number of nitrogens with one attached hydrogen (secondary N) is 1. The van der Waals surface area contributed by atoms with Gasteiger partial charge < -0.3 is 5.32 Å². The van der Waals surface area contributed by atoms with Crippen molar-refractivity contribution in [1.82, 2.24) is 5.32 Å². The van der Waals surface area contributed by atoms with Gasteiger partial charge in [0.25, 0.3) is 0 Å². The lowest BCUT2D eigenvalue weighted by Gasteiger charge is -2.11. The molecule has 1 N–H and O–H groups in total. The zero-order valence-corrected chi connectivity index (χ0v) is 6.28. The Hall–Kier alpha value is -0.180. The maximum atomic E-state index is 9.99. The molecule has 1 aliphatic heterocycles. The highest BCUT2D eigenvalue weighted by Crippen LogP contribution is 2.22. The van der Waals surface area contributed by atoms with Crippen molar-refractivity contribution in [2.75, 3.05) is 11.5 Å². The van der Waals surface area contributed by atoms with E-state index >= 15 is 0 Å². The van der Waals surface area contributed by atoms with E-state index in [-0.39, 0.29) is 0 Å². The molecular weight excluding hydrogens is 134 g/mol. The van der Waals surface area contributed by atoms with Gasteiger partial charge >= 0.3 is 0 Å². The molecule has 0 bridgehead atoms. The molecule has 0 radical (unpaired) electrons. The highest BCUT2D eigenvalue weighted by atomic mass is 32.2. The molecule has 9 heavy (non-hydrogen) atoms. The van der Waals surface area contributed by atoms with Crippen molar-refractivity contribution in [3.8, 4) is 0 Å². The summed E-state index contributed by atoms with van der Waals surface area (Å²) in [5.74, 6) is 2.92. The van der Waals surface area contributed by atoms with E-state index in [9.17, 15) is 4.79 Å². The van der Waals surface area contributed by atoms with Crippen molar-refractivity contribution >= 4 is 18.2 Å². The maximum Gasteiger partial charge on any atom is 0.207 e. The molecule has 1 fully saturated rings. The largest absolute Gasteiger partial charge is 0.355 e. The van der Waals surface area contributed by atoms with Crippen LogP contribution in [0.3, 0.4) is 0 Å². The monoisotopic (exact) mass is 145 g/mol. The summed E-state index contributed by atoms with van der Waals surface area (Å²) in [6.07, 6.45) is 0.799. The molecule has 0 aromatic heterocycles. The fourth-order valence-electron chi connectivity index (χ4n) is 0.961. The molecule has 0 aliphatic carbocycles. The zero-order chi connectivity index (χ0) is 6.69. The molecule has 1 saturated heterocycles. The second-order valence-corrected chi connectivity index (χ2v) is 3.48. The summed E-state index contributed by atoms with van der Waals surface area (Å²) in [6.45, 7) is 2.17. The summed E-state index contributed by atoms with van der Waals surface area (Å²) in [5.41, 5.74) is 0. The number of amides is 1. The summed E-state index contributed by atoms with van der Waals surface area (Å²) in [4.78, 5) is 9.99. The molecule has 3 heteroatoms. The van der Waals surface area contributed by atoms with Gasteiger partial charge in [0, 0.05) is 11.8 Å². The van der Waals surface area contributed by atoms with E-state index in [0.717, 1.165) is 12.2 Å². The highest BCUT2D eigenvalue weighted by molar-refractivity contribution is 7.99. The van der Waals surface area contributed by atoms with E-state index in [2.05, 4.69) is 12.2 Å². The summed E-state index contributed by atoms with van der Waals surface area (Å²) >= 11 is 1.91. The van der Waals surface area contributed by atoms with E-state index in [0.29, 0.717) is 12.0 Å². The Morgan fingerprint density at radius 1 is 1.67 bits per heavy atom. The van der Waals surface area contributed by atoms with Gasteiger partial charge in [-0.1, -0.05) is 6.92 Å². The Kier molecular flexibility index (Phi) is 2.39. The molecular formula is C6H11NOS. The molecule has 0 spiro atoms. The van der Waals surface area contributed by atoms with Gasteiger partial charge in [0.15, 0.2) is 0 Å². The van der Waals surface area contributed by atoms with Crippen LogP contribution in [-0.2, 0) is 4.79 Å². The van der Waals surface area contributed by atoms with Gasteiger partial charge in [0.1, 0.15) is 0 Å². The average Bonchev–Trinajstić information content (AvgIpc) is 2.18. The van der Waals surface area contributed by atoms with Gasteiger partial charge in [-0.2, -0.15) is 11.8 Å². The van der Waals surface area contributed by atoms with Crippen LogP contribution in [0.2, 0.25) is 0 Å². The minimum absolute atomic E-state index is 0.424. The lowest BCUT2D eigenvalue weighted by molar-refractivity contribution is -0.110. The zero-order valence-electron chi connectivity index (χ0n) is 5.46. The molecule has 2 nitrogen and oxygen atoms in total. The van der Waals surface area contributed by atoms with E-state index < -0.39 is 0 Å². The summed E-state index contributed by atoms with van der Waals surface area (Å²) in [7, 11) is 0. The van der Waals surface area contributed by atoms with E-state index in [1.165, 1.54) is 5.75 Å². The summed E-state index contributed by atoms with van der Waals surface area (Å²) < 4.78 is 0. The van der Waals surface area contributed by atoms with Crippen molar-refractivity contribution in [2.24, 2.45) is 5.92 Å². The number of carbonyl (C=O) groups excluding carboxylic acids is 1. The molecule has 2 unspecified atom stereocenters. The van der Waals surface area contributed by atoms with Gasteiger partial charge in [-0.15, -0.1) is 0 Å². The van der Waals surface area contributed by atoms with Crippen molar-refractivity contribution in [2.45, 2.75) is 13.0 Å². The van der Waals surface area contributed by atoms with Crippen molar-refractivity contribution in [1.29, 1.82) is 0 Å². The van der Waals surface area contributed by atoms with Gasteiger partial charge in [-0.05, 0) is 11.7 Å². The predicted octanol–water partition coefficient (Wildman–Crippen LogP) is 0.484. The Bertz CT molecular complexity index is 107. The van der Waals surface area contributed by atoms with Crippen LogP contribution >= 0.6 is 11.8 Å². The summed E-state index contributed by atoms with van der Waals surface area (Å²) in [5, 5.41) is 2.79. The average molecular weight is 145 g/mol. The van der Waals surface area contributed by atoms with E-state index in [1.54, 1.807) is 0 Å². The number of carbonyl (C=O) groups is 1. The number of thioether (sulfide) groups is 1. The van der Waals surface area contributed by atoms with Crippen LogP contribution in [0.1, 0.15) is 6.92 Å². The standard InChI is InChI=1S/C6H11NOS/c1-5-2-9-3-6(5)7-4-8/h4-6H,2-3H2,1H3,(H,7,8). The maximum absolute atomic E-state index is 9.99. The van der Waals surface area contributed by atoms with Crippen LogP contribution in [-0.4, -0.2) is 24.0 Å². The highest BCUT2D eigenvalue weighted by Gasteiger charge is 2.22. The first kappa shape index (κ1) is 6.93. The molecule has 1 heterocycles. The second-order valence-electron chi connectivity index (χ2n) is 2.41. The van der Waals surface area contributed by atoms with Gasteiger partial charge in [0.2, 0.25) is 6.41 Å². The molecule has 1 amide bonds. The fraction of sp³-hybridized carbons (Fsp3) is 0.833. The van der Waals surface area contributed by atoms with E-state index in [4.69, 9.17) is 0 Å². The minimum Gasteiger partial charge on any atom is -0.355 e. The molecule has 0 saturated carbocycles. The van der Waals surface area contributed by atoms with Gasteiger partial charge in [-0.3, -0.25) is 4.79 Å². The van der Waals surface area contributed by atoms with Crippen LogP contribution in [0.5, 0.6) is 0 Å². The molecule has 52 valence electrons. The third-order valence-corrected chi connectivity index (χ3v) is 3.00. The minimum atomic E-state index is 0.424. The first-order valence-electron chi connectivity index (χ1n) is 3.12. The van der Waals surface area contributed by atoms with Crippen molar-refractivity contribution < 1.29 is 4.79 Å². The molecule has 0 aromatic rings. The molecule has 0 aromatic carbocycles. The Morgan fingerprint density at radius 2 is 2.44 bits per heavy atom. The van der Waals surface area contributed by atoms with Crippen LogP contribution in [0.4, 0.5) is 0 Å². The quantitative estimate of drug-likeness (QED) is 0.573. The van der Waals surface area contributed by atoms with Crippen molar-refractivity contribution in [3.05, 3.63) is 0 Å². The first-order valence-corrected chi connectivity index (χ1v) is 4.27. The van der Waals surface area contributed by atoms with Crippen LogP contribution in [0.25, 0.3) is 0 Å². The third-order valence-electron chi connectivity index (χ3n) is 1.65. The lowest BCUT2D eigenvalue weighted by Crippen LogP contribution is -2.32. The molecule has 1 aliphatic rings. The first-order chi connectivity index (χ1) is 4.34. The van der Waals surface area contributed by atoms with Gasteiger partial charge in [0.05, 0.1) is 0 Å². The molecule has 2 atom stereocenters. The van der Waals surface area contributed by atoms with Crippen molar-refractivity contribution in [3.63, 3.8) is 0 Å². The number of hydrogen-bond donors (Lipinski definition) is 1. The Morgan fingerprint density at radius 3 is 2.89 bits per heavy atom. The van der Waals surface area contributed by atoms with E-state index in [1.807, 2.05) is 11.8 Å². The van der Waals surface area contributed by atoms with Crippen LogP contribution < -0.4 is 5.32 Å². The fourth-order valence-corrected chi connectivity index (χ4v) is 2.38. The number of hydrogen-bond acceptors (Lipinski definition) is 2. The summed E-state index contributed by atoms with van der Waals surface area (Å²) in [6, 6.07) is 0.424. The van der Waals surface area contributed by atoms with Gasteiger partial charge in [-0.25, -0.2) is 0 Å². The topological polar surface area (TPSA) is 29.1 Å². The molecule has 1 rings (SSSR count). The SMILES string of the molecule is CC1CSCC1NC=O. The Labute approximate surface area is 59.4 Å². The third kappa shape index (κ3) is 1.61. The van der Waals surface area contributed by atoms with Crippen LogP contribution in [0, 0.1) is 5.92 Å². The normalized spacial score (nSPS) is 34.3. The predicted molar refractivity (Wildman–Crippen MR) is 39.5 cm³/mol. The second kappa shape index (κ2) is 3.11. The van der Waals surface area contributed by atoms with Crippen LogP contribution in [0.15, 0.2) is 0 Å². The lowest BCUT2D eigenvalue weighted by atomic mass is 10.1.